The fourth-order valence-corrected chi connectivity index (χ4v) is 0.873. The first kappa shape index (κ1) is 8.20. The predicted molar refractivity (Wildman–Crippen MR) is 42.0 cm³/mol. The third-order valence-corrected chi connectivity index (χ3v) is 1.57. The Balaban J connectivity index is 1.99. The molecule has 0 spiro atoms. The molecule has 0 saturated carbocycles. The van der Waals surface area contributed by atoms with Crippen LogP contribution in [-0.2, 0) is 4.79 Å². The van der Waals surface area contributed by atoms with E-state index >= 15 is 0 Å². The number of likely N-dealkylation sites (N-methyl/N-ethyl adjacent to an activating group) is 1. The fraction of sp³-hybridized carbons (Fsp3) is 0.714. The van der Waals surface area contributed by atoms with Crippen LogP contribution in [0.4, 0.5) is 0 Å². The molecule has 0 aliphatic carbocycles. The van der Waals surface area contributed by atoms with Crippen LogP contribution in [0.5, 0.6) is 0 Å². The van der Waals surface area contributed by atoms with Crippen molar-refractivity contribution in [3.8, 4) is 0 Å². The molecule has 1 atom stereocenters. The van der Waals surface area contributed by atoms with E-state index in [0.717, 1.165) is 13.0 Å². The molecule has 0 saturated heterocycles. The zero-order valence-corrected chi connectivity index (χ0v) is 6.53. The van der Waals surface area contributed by atoms with Gasteiger partial charge in [-0.2, -0.15) is 0 Å². The van der Waals surface area contributed by atoms with Crippen molar-refractivity contribution in [3.63, 3.8) is 0 Å². The Morgan fingerprint density at radius 1 is 1.82 bits per heavy atom. The van der Waals surface area contributed by atoms with Gasteiger partial charge in [0.15, 0.2) is 0 Å². The van der Waals surface area contributed by atoms with Crippen LogP contribution in [0.25, 0.3) is 0 Å². The molecule has 1 rings (SSSR count). The maximum atomic E-state index is 10.2. The van der Waals surface area contributed by atoms with Crippen molar-refractivity contribution in [2.45, 2.75) is 12.5 Å². The maximum absolute atomic E-state index is 10.2. The standard InChI is InChI=1S/C7H12N2O2/c1-9(5-7(10)11)3-2-6-4-8-6/h4,6H,2-3,5H2,1H3,(H,10,11). The van der Waals surface area contributed by atoms with Crippen molar-refractivity contribution >= 4 is 12.2 Å². The average Bonchev–Trinajstić information content (AvgIpc) is 2.63. The summed E-state index contributed by atoms with van der Waals surface area (Å²) in [7, 11) is 1.80. The fourth-order valence-electron chi connectivity index (χ4n) is 0.873. The zero-order valence-electron chi connectivity index (χ0n) is 6.53. The van der Waals surface area contributed by atoms with Crippen molar-refractivity contribution in [1.82, 2.24) is 4.90 Å². The van der Waals surface area contributed by atoms with E-state index in [-0.39, 0.29) is 6.54 Å². The number of carbonyl (C=O) groups is 1. The number of hydrogen-bond donors (Lipinski definition) is 1. The van der Waals surface area contributed by atoms with E-state index in [2.05, 4.69) is 4.99 Å². The number of aliphatic carboxylic acids is 1. The summed E-state index contributed by atoms with van der Waals surface area (Å²) in [6, 6.07) is 0.395. The van der Waals surface area contributed by atoms with Gasteiger partial charge in [0, 0.05) is 12.8 Å². The first-order valence-electron chi connectivity index (χ1n) is 3.62. The second-order valence-corrected chi connectivity index (χ2v) is 2.79. The van der Waals surface area contributed by atoms with E-state index in [4.69, 9.17) is 5.11 Å². The van der Waals surface area contributed by atoms with Crippen LogP contribution in [0, 0.1) is 0 Å². The van der Waals surface area contributed by atoms with Gasteiger partial charge in [0.1, 0.15) is 0 Å². The van der Waals surface area contributed by atoms with Gasteiger partial charge in [0.25, 0.3) is 0 Å². The van der Waals surface area contributed by atoms with E-state index in [1.807, 2.05) is 6.21 Å². The molecule has 4 nitrogen and oxygen atoms in total. The smallest absolute Gasteiger partial charge is 0.317 e. The highest BCUT2D eigenvalue weighted by molar-refractivity contribution is 5.77. The van der Waals surface area contributed by atoms with Crippen molar-refractivity contribution in [1.29, 1.82) is 0 Å². The molecule has 11 heavy (non-hydrogen) atoms. The molecule has 0 aromatic carbocycles. The average molecular weight is 156 g/mol. The summed E-state index contributed by atoms with van der Waals surface area (Å²) in [6.07, 6.45) is 2.83. The quantitative estimate of drug-likeness (QED) is 0.602. The van der Waals surface area contributed by atoms with Gasteiger partial charge in [-0.1, -0.05) is 0 Å². The highest BCUT2D eigenvalue weighted by Crippen LogP contribution is 2.06. The molecule has 62 valence electrons. The summed E-state index contributed by atoms with van der Waals surface area (Å²) >= 11 is 0. The van der Waals surface area contributed by atoms with Crippen LogP contribution in [-0.4, -0.2) is 48.4 Å². The number of hydrogen-bond acceptors (Lipinski definition) is 3. The minimum atomic E-state index is -0.774. The Labute approximate surface area is 65.5 Å². The van der Waals surface area contributed by atoms with Crippen LogP contribution >= 0.6 is 0 Å². The number of aliphatic imine (C=N–C) groups is 1. The van der Waals surface area contributed by atoms with E-state index in [1.54, 1.807) is 11.9 Å². The van der Waals surface area contributed by atoms with Crippen LogP contribution < -0.4 is 0 Å². The first-order chi connectivity index (χ1) is 5.18. The van der Waals surface area contributed by atoms with Gasteiger partial charge >= 0.3 is 5.97 Å². The highest BCUT2D eigenvalue weighted by Gasteiger charge is 2.13. The molecule has 1 aliphatic rings. The van der Waals surface area contributed by atoms with Gasteiger partial charge in [-0.15, -0.1) is 0 Å². The van der Waals surface area contributed by atoms with Crippen molar-refractivity contribution < 1.29 is 9.90 Å². The summed E-state index contributed by atoms with van der Waals surface area (Å²) in [5.74, 6) is -0.774. The Hall–Kier alpha value is -0.900. The van der Waals surface area contributed by atoms with Gasteiger partial charge in [-0.25, -0.2) is 0 Å². The minimum absolute atomic E-state index is 0.118. The van der Waals surface area contributed by atoms with Crippen molar-refractivity contribution in [3.05, 3.63) is 0 Å². The Kier molecular flexibility index (Phi) is 2.59. The van der Waals surface area contributed by atoms with Crippen LogP contribution in [0.1, 0.15) is 6.42 Å². The van der Waals surface area contributed by atoms with E-state index in [1.165, 1.54) is 0 Å². The summed E-state index contributed by atoms with van der Waals surface area (Å²) < 4.78 is 0. The monoisotopic (exact) mass is 156 g/mol. The molecule has 0 bridgehead atoms. The number of rotatable bonds is 5. The molecule has 1 aliphatic heterocycles. The first-order valence-corrected chi connectivity index (χ1v) is 3.62. The SMILES string of the molecule is CN(CCC1C=N1)CC(=O)O. The van der Waals surface area contributed by atoms with Crippen molar-refractivity contribution in [2.75, 3.05) is 20.1 Å². The molecule has 0 amide bonds. The lowest BCUT2D eigenvalue weighted by atomic mass is 10.3. The number of carboxylic acids is 1. The Morgan fingerprint density at radius 2 is 2.45 bits per heavy atom. The topological polar surface area (TPSA) is 52.9 Å². The van der Waals surface area contributed by atoms with Gasteiger partial charge in [-0.3, -0.25) is 14.7 Å². The van der Waals surface area contributed by atoms with E-state index in [9.17, 15) is 4.79 Å². The largest absolute Gasteiger partial charge is 0.480 e. The zero-order chi connectivity index (χ0) is 8.27. The molecule has 0 aromatic rings. The second kappa shape index (κ2) is 3.48. The lowest BCUT2D eigenvalue weighted by molar-refractivity contribution is -0.137. The molecule has 0 fully saturated rings. The summed E-state index contributed by atoms with van der Waals surface area (Å²) in [6.45, 7) is 0.920. The summed E-state index contributed by atoms with van der Waals surface area (Å²) in [5.41, 5.74) is 0. The second-order valence-electron chi connectivity index (χ2n) is 2.79. The van der Waals surface area contributed by atoms with Gasteiger partial charge < -0.3 is 5.11 Å². The lowest BCUT2D eigenvalue weighted by Gasteiger charge is -2.12. The molecule has 4 heteroatoms. The van der Waals surface area contributed by atoms with Gasteiger partial charge in [0.05, 0.1) is 12.6 Å². The molecular weight excluding hydrogens is 144 g/mol. The lowest BCUT2D eigenvalue weighted by Crippen LogP contribution is -2.27. The molecule has 1 heterocycles. The van der Waals surface area contributed by atoms with Crippen LogP contribution in [0.15, 0.2) is 4.99 Å². The third kappa shape index (κ3) is 3.72. The summed E-state index contributed by atoms with van der Waals surface area (Å²) in [5, 5.41) is 8.39. The minimum Gasteiger partial charge on any atom is -0.480 e. The predicted octanol–water partition coefficient (Wildman–Crippen LogP) is -0.154. The molecular formula is C7H12N2O2. The number of nitrogens with zero attached hydrogens (tertiary/aromatic N) is 2. The van der Waals surface area contributed by atoms with Gasteiger partial charge in [-0.05, 0) is 13.5 Å². The Bertz CT molecular complexity index is 173. The molecule has 1 N–H and O–H groups in total. The third-order valence-electron chi connectivity index (χ3n) is 1.57. The van der Waals surface area contributed by atoms with E-state index < -0.39 is 5.97 Å². The van der Waals surface area contributed by atoms with E-state index in [0.29, 0.717) is 6.04 Å². The highest BCUT2D eigenvalue weighted by atomic mass is 16.4. The summed E-state index contributed by atoms with van der Waals surface area (Å²) in [4.78, 5) is 15.9. The van der Waals surface area contributed by atoms with Crippen LogP contribution in [0.3, 0.4) is 0 Å². The normalized spacial score (nSPS) is 20.7. The van der Waals surface area contributed by atoms with Gasteiger partial charge in [0.2, 0.25) is 0 Å². The molecule has 0 aromatic heterocycles. The number of carboxylic acid groups (broad SMARTS) is 1. The molecule has 1 unspecified atom stereocenters. The van der Waals surface area contributed by atoms with Crippen molar-refractivity contribution in [2.24, 2.45) is 4.99 Å². The Morgan fingerprint density at radius 3 is 2.91 bits per heavy atom. The molecule has 0 radical (unpaired) electrons. The van der Waals surface area contributed by atoms with Crippen LogP contribution in [0.2, 0.25) is 0 Å². The maximum Gasteiger partial charge on any atom is 0.317 e.